The monoisotopic (exact) mass is 314 g/mol. The van der Waals surface area contributed by atoms with Crippen molar-refractivity contribution >= 4 is 5.95 Å². The van der Waals surface area contributed by atoms with Crippen molar-refractivity contribution in [3.63, 3.8) is 0 Å². The molecular weight excluding hydrogens is 292 g/mol. The van der Waals surface area contributed by atoms with E-state index in [1.165, 1.54) is 6.07 Å². The molecule has 1 aromatic carbocycles. The minimum absolute atomic E-state index is 0.144. The molecule has 0 aliphatic carbocycles. The highest BCUT2D eigenvalue weighted by Gasteiger charge is 2.09. The Hall–Kier alpha value is -2.18. The standard InChI is InChI=1S/C17H22N4O2/c22-16-13-15(14-5-2-1-3-6-14)19-17(20-16)18-7-4-8-21-9-11-23-12-10-21/h1-3,5-6,13H,4,7-12H2,(H2,18,19,20,22). The number of ether oxygens (including phenoxy) is 1. The molecule has 0 bridgehead atoms. The number of rotatable bonds is 6. The Balaban J connectivity index is 1.55. The molecule has 6 nitrogen and oxygen atoms in total. The molecule has 0 amide bonds. The molecule has 2 N–H and O–H groups in total. The van der Waals surface area contributed by atoms with Gasteiger partial charge in [-0.15, -0.1) is 0 Å². The number of nitrogens with zero attached hydrogens (tertiary/aromatic N) is 2. The first-order valence-electron chi connectivity index (χ1n) is 8.02. The predicted octanol–water partition coefficient (Wildman–Crippen LogP) is 1.57. The SMILES string of the molecule is O=c1cc(-c2ccccc2)nc(NCCCN2CCOCC2)[nH]1. The second-order valence-electron chi connectivity index (χ2n) is 5.58. The van der Waals surface area contributed by atoms with Crippen LogP contribution in [-0.4, -0.2) is 54.3 Å². The van der Waals surface area contributed by atoms with Gasteiger partial charge >= 0.3 is 0 Å². The van der Waals surface area contributed by atoms with E-state index in [4.69, 9.17) is 4.74 Å². The summed E-state index contributed by atoms with van der Waals surface area (Å²) in [6.45, 7) is 5.44. The number of aromatic amines is 1. The molecule has 23 heavy (non-hydrogen) atoms. The minimum Gasteiger partial charge on any atom is -0.379 e. The zero-order valence-electron chi connectivity index (χ0n) is 13.1. The maximum atomic E-state index is 11.8. The van der Waals surface area contributed by atoms with Crippen molar-refractivity contribution in [3.8, 4) is 11.3 Å². The van der Waals surface area contributed by atoms with Crippen LogP contribution in [0.25, 0.3) is 11.3 Å². The summed E-state index contributed by atoms with van der Waals surface area (Å²) in [4.78, 5) is 21.4. The molecule has 6 heteroatoms. The zero-order chi connectivity index (χ0) is 15.9. The Morgan fingerprint density at radius 1 is 1.22 bits per heavy atom. The lowest BCUT2D eigenvalue weighted by atomic mass is 10.1. The highest BCUT2D eigenvalue weighted by molar-refractivity contribution is 5.59. The van der Waals surface area contributed by atoms with Crippen molar-refractivity contribution in [3.05, 3.63) is 46.8 Å². The summed E-state index contributed by atoms with van der Waals surface area (Å²) in [6, 6.07) is 11.2. The molecule has 0 spiro atoms. The largest absolute Gasteiger partial charge is 0.379 e. The van der Waals surface area contributed by atoms with Gasteiger partial charge in [0.15, 0.2) is 0 Å². The van der Waals surface area contributed by atoms with E-state index in [1.807, 2.05) is 30.3 Å². The Morgan fingerprint density at radius 3 is 2.78 bits per heavy atom. The summed E-state index contributed by atoms with van der Waals surface area (Å²) in [5.74, 6) is 0.526. The molecule has 1 aliphatic rings. The van der Waals surface area contributed by atoms with E-state index in [9.17, 15) is 4.79 Å². The van der Waals surface area contributed by atoms with Crippen LogP contribution in [0.4, 0.5) is 5.95 Å². The van der Waals surface area contributed by atoms with Gasteiger partial charge in [-0.25, -0.2) is 4.98 Å². The summed E-state index contributed by atoms with van der Waals surface area (Å²) < 4.78 is 5.34. The third-order valence-electron chi connectivity index (χ3n) is 3.86. The van der Waals surface area contributed by atoms with Gasteiger partial charge < -0.3 is 10.1 Å². The van der Waals surface area contributed by atoms with E-state index >= 15 is 0 Å². The molecule has 0 unspecified atom stereocenters. The maximum absolute atomic E-state index is 11.8. The highest BCUT2D eigenvalue weighted by Crippen LogP contribution is 2.15. The fourth-order valence-corrected chi connectivity index (χ4v) is 2.63. The first-order valence-corrected chi connectivity index (χ1v) is 8.02. The fourth-order valence-electron chi connectivity index (χ4n) is 2.63. The topological polar surface area (TPSA) is 70.2 Å². The maximum Gasteiger partial charge on any atom is 0.252 e. The molecule has 0 saturated carbocycles. The van der Waals surface area contributed by atoms with Crippen LogP contribution in [0, 0.1) is 0 Å². The molecule has 0 radical (unpaired) electrons. The van der Waals surface area contributed by atoms with Crippen LogP contribution in [0.15, 0.2) is 41.2 Å². The second kappa shape index (κ2) is 7.89. The first kappa shape index (κ1) is 15.7. The lowest BCUT2D eigenvalue weighted by Crippen LogP contribution is -2.37. The Bertz CT molecular complexity index is 666. The molecule has 1 aliphatic heterocycles. The van der Waals surface area contributed by atoms with Gasteiger partial charge in [-0.3, -0.25) is 14.7 Å². The number of hydrogen-bond acceptors (Lipinski definition) is 5. The van der Waals surface area contributed by atoms with Crippen LogP contribution < -0.4 is 10.9 Å². The van der Waals surface area contributed by atoms with Gasteiger partial charge in [0, 0.05) is 31.3 Å². The van der Waals surface area contributed by atoms with Crippen molar-refractivity contribution in [1.82, 2.24) is 14.9 Å². The minimum atomic E-state index is -0.144. The second-order valence-corrected chi connectivity index (χ2v) is 5.58. The van der Waals surface area contributed by atoms with E-state index in [2.05, 4.69) is 20.2 Å². The molecule has 1 fully saturated rings. The summed E-state index contributed by atoms with van der Waals surface area (Å²) in [7, 11) is 0. The van der Waals surface area contributed by atoms with Gasteiger partial charge in [0.1, 0.15) is 0 Å². The summed E-state index contributed by atoms with van der Waals surface area (Å²) in [5.41, 5.74) is 1.48. The van der Waals surface area contributed by atoms with Crippen molar-refractivity contribution in [2.24, 2.45) is 0 Å². The number of aromatic nitrogens is 2. The van der Waals surface area contributed by atoms with Crippen LogP contribution in [0.1, 0.15) is 6.42 Å². The third kappa shape index (κ3) is 4.64. The van der Waals surface area contributed by atoms with E-state index in [1.54, 1.807) is 0 Å². The van der Waals surface area contributed by atoms with E-state index in [-0.39, 0.29) is 5.56 Å². The van der Waals surface area contributed by atoms with Gasteiger partial charge in [0.05, 0.1) is 18.9 Å². The van der Waals surface area contributed by atoms with Gasteiger partial charge in [0.2, 0.25) is 5.95 Å². The number of H-pyrrole nitrogens is 1. The molecule has 3 rings (SSSR count). The van der Waals surface area contributed by atoms with Crippen LogP contribution in [0.2, 0.25) is 0 Å². The lowest BCUT2D eigenvalue weighted by Gasteiger charge is -2.26. The van der Waals surface area contributed by atoms with Crippen molar-refractivity contribution < 1.29 is 4.74 Å². The summed E-state index contributed by atoms with van der Waals surface area (Å²) in [6.07, 6.45) is 0.999. The zero-order valence-corrected chi connectivity index (χ0v) is 13.1. The van der Waals surface area contributed by atoms with Crippen LogP contribution in [0.3, 0.4) is 0 Å². The Kier molecular flexibility index (Phi) is 5.39. The normalized spacial score (nSPS) is 15.5. The third-order valence-corrected chi connectivity index (χ3v) is 3.86. The summed E-state index contributed by atoms with van der Waals surface area (Å²) in [5, 5.41) is 3.21. The number of morpholine rings is 1. The average molecular weight is 314 g/mol. The molecule has 1 aromatic heterocycles. The Morgan fingerprint density at radius 2 is 2.00 bits per heavy atom. The van der Waals surface area contributed by atoms with Crippen LogP contribution in [-0.2, 0) is 4.74 Å². The lowest BCUT2D eigenvalue weighted by molar-refractivity contribution is 0.0378. The Labute approximate surface area is 135 Å². The number of hydrogen-bond donors (Lipinski definition) is 2. The number of benzene rings is 1. The molecule has 2 heterocycles. The smallest absolute Gasteiger partial charge is 0.252 e. The quantitative estimate of drug-likeness (QED) is 0.792. The van der Waals surface area contributed by atoms with Gasteiger partial charge in [0.25, 0.3) is 5.56 Å². The molecule has 122 valence electrons. The predicted molar refractivity (Wildman–Crippen MR) is 90.7 cm³/mol. The van der Waals surface area contributed by atoms with Gasteiger partial charge in [-0.1, -0.05) is 30.3 Å². The van der Waals surface area contributed by atoms with Crippen LogP contribution in [0.5, 0.6) is 0 Å². The number of anilines is 1. The van der Waals surface area contributed by atoms with E-state index in [0.717, 1.165) is 51.4 Å². The van der Waals surface area contributed by atoms with E-state index in [0.29, 0.717) is 11.6 Å². The van der Waals surface area contributed by atoms with Crippen LogP contribution >= 0.6 is 0 Å². The molecule has 0 atom stereocenters. The molecule has 1 saturated heterocycles. The first-order chi connectivity index (χ1) is 11.3. The summed E-state index contributed by atoms with van der Waals surface area (Å²) >= 11 is 0. The van der Waals surface area contributed by atoms with Crippen molar-refractivity contribution in [2.45, 2.75) is 6.42 Å². The average Bonchev–Trinajstić information content (AvgIpc) is 2.60. The highest BCUT2D eigenvalue weighted by atomic mass is 16.5. The van der Waals surface area contributed by atoms with Crippen molar-refractivity contribution in [2.75, 3.05) is 44.7 Å². The fraction of sp³-hybridized carbons (Fsp3) is 0.412. The number of nitrogens with one attached hydrogen (secondary N) is 2. The van der Waals surface area contributed by atoms with Gasteiger partial charge in [-0.05, 0) is 13.0 Å². The van der Waals surface area contributed by atoms with E-state index < -0.39 is 0 Å². The van der Waals surface area contributed by atoms with Gasteiger partial charge in [-0.2, -0.15) is 0 Å². The molecule has 2 aromatic rings. The molecular formula is C17H22N4O2. The van der Waals surface area contributed by atoms with Crippen molar-refractivity contribution in [1.29, 1.82) is 0 Å².